The van der Waals surface area contributed by atoms with E-state index in [0.29, 0.717) is 16.5 Å². The SMILES string of the molecule is CC(=O)SCC#Cc1ccc(Cl)nc1Cl. The molecule has 0 aliphatic carbocycles. The first-order valence-electron chi connectivity index (χ1n) is 4.04. The highest BCUT2D eigenvalue weighted by molar-refractivity contribution is 8.13. The third-order valence-electron chi connectivity index (χ3n) is 1.39. The summed E-state index contributed by atoms with van der Waals surface area (Å²) >= 11 is 12.6. The van der Waals surface area contributed by atoms with Crippen molar-refractivity contribution < 1.29 is 4.79 Å². The fourth-order valence-electron chi connectivity index (χ4n) is 0.774. The van der Waals surface area contributed by atoms with Gasteiger partial charge in [0.1, 0.15) is 10.3 Å². The second-order valence-corrected chi connectivity index (χ2v) is 4.45. The van der Waals surface area contributed by atoms with Crippen molar-refractivity contribution in [3.8, 4) is 11.8 Å². The van der Waals surface area contributed by atoms with Crippen molar-refractivity contribution in [3.63, 3.8) is 0 Å². The summed E-state index contributed by atoms with van der Waals surface area (Å²) < 4.78 is 0. The zero-order valence-corrected chi connectivity index (χ0v) is 10.2. The molecule has 0 amide bonds. The summed E-state index contributed by atoms with van der Waals surface area (Å²) in [6.07, 6.45) is 0. The zero-order valence-electron chi connectivity index (χ0n) is 7.88. The van der Waals surface area contributed by atoms with Crippen molar-refractivity contribution >= 4 is 40.1 Å². The summed E-state index contributed by atoms with van der Waals surface area (Å²) in [5, 5.41) is 0.663. The highest BCUT2D eigenvalue weighted by Crippen LogP contribution is 2.15. The van der Waals surface area contributed by atoms with Crippen LogP contribution in [-0.4, -0.2) is 15.9 Å². The van der Waals surface area contributed by atoms with Gasteiger partial charge >= 0.3 is 0 Å². The number of rotatable bonds is 1. The molecule has 0 aliphatic rings. The van der Waals surface area contributed by atoms with Gasteiger partial charge in [0.05, 0.1) is 11.3 Å². The Kier molecular flexibility index (Phi) is 4.97. The Hall–Kier alpha value is -0.690. The Bertz CT molecular complexity index is 437. The first-order chi connectivity index (χ1) is 7.09. The molecule has 78 valence electrons. The molecule has 0 atom stereocenters. The van der Waals surface area contributed by atoms with Crippen LogP contribution in [0, 0.1) is 11.8 Å². The molecule has 0 N–H and O–H groups in total. The topological polar surface area (TPSA) is 30.0 Å². The monoisotopic (exact) mass is 259 g/mol. The largest absolute Gasteiger partial charge is 0.288 e. The van der Waals surface area contributed by atoms with Crippen molar-refractivity contribution in [1.29, 1.82) is 0 Å². The highest BCUT2D eigenvalue weighted by atomic mass is 35.5. The number of carbonyl (C=O) groups is 1. The first kappa shape index (κ1) is 12.4. The molecule has 0 unspecified atom stereocenters. The van der Waals surface area contributed by atoms with Crippen LogP contribution < -0.4 is 0 Å². The Morgan fingerprint density at radius 3 is 2.87 bits per heavy atom. The van der Waals surface area contributed by atoms with E-state index in [1.807, 2.05) is 0 Å². The van der Waals surface area contributed by atoms with Gasteiger partial charge in [-0.1, -0.05) is 46.8 Å². The molecule has 2 nitrogen and oxygen atoms in total. The van der Waals surface area contributed by atoms with Crippen LogP contribution in [0.15, 0.2) is 12.1 Å². The van der Waals surface area contributed by atoms with Gasteiger partial charge in [-0.25, -0.2) is 4.98 Å². The van der Waals surface area contributed by atoms with E-state index in [9.17, 15) is 4.79 Å². The van der Waals surface area contributed by atoms with Crippen LogP contribution in [0.4, 0.5) is 0 Å². The molecule has 1 aromatic rings. The molecule has 0 spiro atoms. The number of thioether (sulfide) groups is 1. The normalized spacial score (nSPS) is 9.27. The maximum atomic E-state index is 10.6. The summed E-state index contributed by atoms with van der Waals surface area (Å²) in [4.78, 5) is 14.4. The van der Waals surface area contributed by atoms with Gasteiger partial charge in [0, 0.05) is 6.92 Å². The Balaban J connectivity index is 2.67. The lowest BCUT2D eigenvalue weighted by Gasteiger charge is -1.94. The molecule has 0 saturated carbocycles. The molecular weight excluding hydrogens is 253 g/mol. The third-order valence-corrected chi connectivity index (χ3v) is 2.58. The van der Waals surface area contributed by atoms with Crippen molar-refractivity contribution in [2.24, 2.45) is 0 Å². The number of pyridine rings is 1. The average Bonchev–Trinajstić information content (AvgIpc) is 2.14. The molecule has 0 radical (unpaired) electrons. The van der Waals surface area contributed by atoms with E-state index in [-0.39, 0.29) is 10.3 Å². The summed E-state index contributed by atoms with van der Waals surface area (Å²) in [7, 11) is 0. The molecule has 15 heavy (non-hydrogen) atoms. The Labute approximate surface area is 102 Å². The second-order valence-electron chi connectivity index (χ2n) is 2.55. The number of carbonyl (C=O) groups excluding carboxylic acids is 1. The minimum absolute atomic E-state index is 0.0460. The molecule has 0 bridgehead atoms. The van der Waals surface area contributed by atoms with Crippen molar-refractivity contribution in [2.45, 2.75) is 6.92 Å². The van der Waals surface area contributed by atoms with E-state index in [1.54, 1.807) is 12.1 Å². The first-order valence-corrected chi connectivity index (χ1v) is 5.78. The maximum Gasteiger partial charge on any atom is 0.186 e. The third kappa shape index (κ3) is 4.57. The van der Waals surface area contributed by atoms with Gasteiger partial charge in [-0.15, -0.1) is 0 Å². The van der Waals surface area contributed by atoms with Gasteiger partial charge in [0.15, 0.2) is 5.12 Å². The lowest BCUT2D eigenvalue weighted by atomic mass is 10.3. The lowest BCUT2D eigenvalue weighted by Crippen LogP contribution is -1.84. The van der Waals surface area contributed by atoms with Crippen LogP contribution in [0.3, 0.4) is 0 Å². The van der Waals surface area contributed by atoms with Gasteiger partial charge in [0.2, 0.25) is 0 Å². The minimum Gasteiger partial charge on any atom is -0.288 e. The van der Waals surface area contributed by atoms with Gasteiger partial charge in [0.25, 0.3) is 0 Å². The van der Waals surface area contributed by atoms with Crippen molar-refractivity contribution in [3.05, 3.63) is 28.0 Å². The summed E-state index contributed by atoms with van der Waals surface area (Å²) in [6.45, 7) is 1.50. The standard InChI is InChI=1S/C10H7Cl2NOS/c1-7(14)15-6-2-3-8-4-5-9(11)13-10(8)12/h4-5H,6H2,1H3. The number of halogens is 2. The smallest absolute Gasteiger partial charge is 0.186 e. The van der Waals surface area contributed by atoms with Crippen molar-refractivity contribution in [1.82, 2.24) is 4.98 Å². The summed E-state index contributed by atoms with van der Waals surface area (Å²) in [5.41, 5.74) is 0.616. The fraction of sp³-hybridized carbons (Fsp3) is 0.200. The molecule has 0 fully saturated rings. The number of hydrogen-bond acceptors (Lipinski definition) is 3. The quantitative estimate of drug-likeness (QED) is 0.574. The van der Waals surface area contributed by atoms with Gasteiger partial charge in [-0.05, 0) is 12.1 Å². The van der Waals surface area contributed by atoms with Crippen LogP contribution in [0.25, 0.3) is 0 Å². The van der Waals surface area contributed by atoms with Crippen LogP contribution in [-0.2, 0) is 4.79 Å². The van der Waals surface area contributed by atoms with E-state index in [2.05, 4.69) is 16.8 Å². The van der Waals surface area contributed by atoms with Crippen LogP contribution >= 0.6 is 35.0 Å². The van der Waals surface area contributed by atoms with Gasteiger partial charge in [-0.2, -0.15) is 0 Å². The number of nitrogens with zero attached hydrogens (tertiary/aromatic N) is 1. The van der Waals surface area contributed by atoms with Gasteiger partial charge < -0.3 is 0 Å². The van der Waals surface area contributed by atoms with Crippen LogP contribution in [0.2, 0.25) is 10.3 Å². The molecule has 0 aromatic carbocycles. The highest BCUT2D eigenvalue weighted by Gasteiger charge is 1.98. The predicted molar refractivity (Wildman–Crippen MR) is 64.3 cm³/mol. The molecule has 0 saturated heterocycles. The maximum absolute atomic E-state index is 10.6. The van der Waals surface area contributed by atoms with Crippen molar-refractivity contribution in [2.75, 3.05) is 5.75 Å². The minimum atomic E-state index is 0.0460. The predicted octanol–water partition coefficient (Wildman–Crippen LogP) is 3.02. The fourth-order valence-corrected chi connectivity index (χ4v) is 1.51. The van der Waals surface area contributed by atoms with Gasteiger partial charge in [-0.3, -0.25) is 4.79 Å². The number of aromatic nitrogens is 1. The van der Waals surface area contributed by atoms with Crippen LogP contribution in [0.5, 0.6) is 0 Å². The van der Waals surface area contributed by atoms with E-state index >= 15 is 0 Å². The Morgan fingerprint density at radius 2 is 2.27 bits per heavy atom. The molecule has 1 rings (SSSR count). The van der Waals surface area contributed by atoms with E-state index in [0.717, 1.165) is 11.8 Å². The molecule has 5 heteroatoms. The molecule has 1 aromatic heterocycles. The zero-order chi connectivity index (χ0) is 11.3. The van der Waals surface area contributed by atoms with Crippen LogP contribution in [0.1, 0.15) is 12.5 Å². The molecular formula is C10H7Cl2NOS. The van der Waals surface area contributed by atoms with E-state index in [4.69, 9.17) is 23.2 Å². The molecule has 1 heterocycles. The Morgan fingerprint density at radius 1 is 1.53 bits per heavy atom. The summed E-state index contributed by atoms with van der Waals surface area (Å²) in [5.74, 6) is 6.09. The summed E-state index contributed by atoms with van der Waals surface area (Å²) in [6, 6.07) is 3.32. The second kappa shape index (κ2) is 6.02. The average molecular weight is 260 g/mol. The number of hydrogen-bond donors (Lipinski definition) is 0. The molecule has 0 aliphatic heterocycles. The van der Waals surface area contributed by atoms with E-state index in [1.165, 1.54) is 6.92 Å². The lowest BCUT2D eigenvalue weighted by molar-refractivity contribution is -0.109. The van der Waals surface area contributed by atoms with E-state index < -0.39 is 0 Å².